The van der Waals surface area contributed by atoms with Crippen LogP contribution in [0.5, 0.6) is 5.75 Å². The van der Waals surface area contributed by atoms with Gasteiger partial charge in [0.15, 0.2) is 0 Å². The summed E-state index contributed by atoms with van der Waals surface area (Å²) in [4.78, 5) is 16.0. The summed E-state index contributed by atoms with van der Waals surface area (Å²) in [5.41, 5.74) is 1.12. The van der Waals surface area contributed by atoms with E-state index in [4.69, 9.17) is 4.74 Å². The highest BCUT2D eigenvalue weighted by Crippen LogP contribution is 2.23. The van der Waals surface area contributed by atoms with Crippen molar-refractivity contribution >= 4 is 27.5 Å². The molecule has 0 bridgehead atoms. The molecule has 1 aromatic carbocycles. The third-order valence-corrected chi connectivity index (χ3v) is 2.81. The monoisotopic (exact) mass is 306 g/mol. The number of benzene rings is 1. The largest absolute Gasteiger partial charge is 0.495 e. The molecule has 2 aromatic rings. The number of para-hydroxylation sites is 2. The van der Waals surface area contributed by atoms with Crippen molar-refractivity contribution in [3.63, 3.8) is 0 Å². The minimum Gasteiger partial charge on any atom is -0.495 e. The smallest absolute Gasteiger partial charge is 0.257 e. The Morgan fingerprint density at radius 1 is 1.28 bits per heavy atom. The molecule has 0 saturated heterocycles. The van der Waals surface area contributed by atoms with Crippen LogP contribution in [0.4, 0.5) is 5.69 Å². The Labute approximate surface area is 113 Å². The van der Waals surface area contributed by atoms with Gasteiger partial charge in [-0.15, -0.1) is 0 Å². The molecule has 0 aliphatic rings. The summed E-state index contributed by atoms with van der Waals surface area (Å²) < 4.78 is 5.85. The number of nitrogens with zero attached hydrogens (tertiary/aromatic N) is 1. The minimum absolute atomic E-state index is 0.223. The first-order chi connectivity index (χ1) is 8.70. The first-order valence-corrected chi connectivity index (χ1v) is 6.06. The summed E-state index contributed by atoms with van der Waals surface area (Å²) in [5, 5.41) is 2.78. The molecule has 1 amide bonds. The number of ether oxygens (including phenoxy) is 1. The number of aromatic nitrogens is 1. The number of nitrogens with one attached hydrogen (secondary N) is 1. The van der Waals surface area contributed by atoms with Gasteiger partial charge in [0, 0.05) is 6.20 Å². The van der Waals surface area contributed by atoms with Crippen molar-refractivity contribution in [1.29, 1.82) is 0 Å². The van der Waals surface area contributed by atoms with Gasteiger partial charge in [0.2, 0.25) is 0 Å². The number of hydrogen-bond donors (Lipinski definition) is 1. The second-order valence-corrected chi connectivity index (χ2v) is 4.34. The molecule has 1 heterocycles. The van der Waals surface area contributed by atoms with E-state index < -0.39 is 0 Å². The molecular weight excluding hydrogens is 296 g/mol. The van der Waals surface area contributed by atoms with Crippen LogP contribution in [0.15, 0.2) is 47.2 Å². The fourth-order valence-electron chi connectivity index (χ4n) is 1.45. The SMILES string of the molecule is COc1ccccc1NC(=O)c1ccc(Br)nc1. The summed E-state index contributed by atoms with van der Waals surface area (Å²) in [6.45, 7) is 0. The van der Waals surface area contributed by atoms with Gasteiger partial charge in [-0.2, -0.15) is 0 Å². The molecule has 5 heteroatoms. The van der Waals surface area contributed by atoms with Crippen LogP contribution in [0.1, 0.15) is 10.4 Å². The average Bonchev–Trinajstić information content (AvgIpc) is 2.40. The van der Waals surface area contributed by atoms with Gasteiger partial charge in [0.25, 0.3) is 5.91 Å². The molecule has 0 atom stereocenters. The molecule has 4 nitrogen and oxygen atoms in total. The van der Waals surface area contributed by atoms with Gasteiger partial charge >= 0.3 is 0 Å². The van der Waals surface area contributed by atoms with E-state index in [1.54, 1.807) is 31.4 Å². The molecule has 0 saturated carbocycles. The Hall–Kier alpha value is -1.88. The molecule has 1 N–H and O–H groups in total. The number of halogens is 1. The third-order valence-electron chi connectivity index (χ3n) is 2.34. The highest BCUT2D eigenvalue weighted by atomic mass is 79.9. The maximum Gasteiger partial charge on any atom is 0.257 e. The molecular formula is C13H11BrN2O2. The lowest BCUT2D eigenvalue weighted by Crippen LogP contribution is -2.12. The van der Waals surface area contributed by atoms with Crippen LogP contribution in [0.3, 0.4) is 0 Å². The van der Waals surface area contributed by atoms with E-state index in [-0.39, 0.29) is 5.91 Å². The minimum atomic E-state index is -0.223. The van der Waals surface area contributed by atoms with Gasteiger partial charge in [-0.25, -0.2) is 4.98 Å². The number of methoxy groups -OCH3 is 1. The maximum absolute atomic E-state index is 12.0. The van der Waals surface area contributed by atoms with Crippen molar-refractivity contribution in [2.75, 3.05) is 12.4 Å². The van der Waals surface area contributed by atoms with Crippen LogP contribution in [-0.4, -0.2) is 18.0 Å². The predicted molar refractivity (Wildman–Crippen MR) is 72.9 cm³/mol. The second-order valence-electron chi connectivity index (χ2n) is 3.52. The van der Waals surface area contributed by atoms with Crippen LogP contribution in [0, 0.1) is 0 Å². The number of pyridine rings is 1. The molecule has 0 radical (unpaired) electrons. The molecule has 0 unspecified atom stereocenters. The number of carbonyl (C=O) groups is 1. The summed E-state index contributed by atoms with van der Waals surface area (Å²) >= 11 is 3.22. The fraction of sp³-hybridized carbons (Fsp3) is 0.0769. The molecule has 0 aliphatic heterocycles. The molecule has 0 aliphatic carbocycles. The van der Waals surface area contributed by atoms with E-state index in [1.165, 1.54) is 6.20 Å². The number of carbonyl (C=O) groups excluding carboxylic acids is 1. The zero-order chi connectivity index (χ0) is 13.0. The maximum atomic E-state index is 12.0. The summed E-state index contributed by atoms with van der Waals surface area (Å²) in [6, 6.07) is 10.7. The van der Waals surface area contributed by atoms with Gasteiger partial charge in [-0.1, -0.05) is 12.1 Å². The van der Waals surface area contributed by atoms with E-state index >= 15 is 0 Å². The van der Waals surface area contributed by atoms with Gasteiger partial charge in [-0.05, 0) is 40.2 Å². The average molecular weight is 307 g/mol. The number of amides is 1. The highest BCUT2D eigenvalue weighted by molar-refractivity contribution is 9.10. The number of hydrogen-bond acceptors (Lipinski definition) is 3. The zero-order valence-electron chi connectivity index (χ0n) is 9.68. The van der Waals surface area contributed by atoms with Gasteiger partial charge in [-0.3, -0.25) is 4.79 Å². The standard InChI is InChI=1S/C13H11BrN2O2/c1-18-11-5-3-2-4-10(11)16-13(17)9-6-7-12(14)15-8-9/h2-8H,1H3,(H,16,17). The van der Waals surface area contributed by atoms with E-state index in [2.05, 4.69) is 26.2 Å². The number of rotatable bonds is 3. The van der Waals surface area contributed by atoms with Crippen molar-refractivity contribution in [1.82, 2.24) is 4.98 Å². The van der Waals surface area contributed by atoms with Gasteiger partial charge < -0.3 is 10.1 Å². The Morgan fingerprint density at radius 3 is 2.72 bits per heavy atom. The van der Waals surface area contributed by atoms with Crippen LogP contribution in [-0.2, 0) is 0 Å². The Kier molecular flexibility index (Phi) is 3.94. The lowest BCUT2D eigenvalue weighted by molar-refractivity contribution is 0.102. The Morgan fingerprint density at radius 2 is 2.06 bits per heavy atom. The lowest BCUT2D eigenvalue weighted by Gasteiger charge is -2.09. The van der Waals surface area contributed by atoms with Crippen molar-refractivity contribution in [3.8, 4) is 5.75 Å². The van der Waals surface area contributed by atoms with Crippen molar-refractivity contribution in [3.05, 3.63) is 52.8 Å². The topological polar surface area (TPSA) is 51.2 Å². The lowest BCUT2D eigenvalue weighted by atomic mass is 10.2. The molecule has 0 spiro atoms. The zero-order valence-corrected chi connectivity index (χ0v) is 11.3. The third kappa shape index (κ3) is 2.87. The van der Waals surface area contributed by atoms with E-state index in [0.717, 1.165) is 0 Å². The summed E-state index contributed by atoms with van der Waals surface area (Å²) in [5.74, 6) is 0.399. The van der Waals surface area contributed by atoms with Crippen LogP contribution >= 0.6 is 15.9 Å². The fourth-order valence-corrected chi connectivity index (χ4v) is 1.69. The van der Waals surface area contributed by atoms with Crippen LogP contribution in [0.25, 0.3) is 0 Å². The quantitative estimate of drug-likeness (QED) is 0.887. The summed E-state index contributed by atoms with van der Waals surface area (Å²) in [7, 11) is 1.56. The van der Waals surface area contributed by atoms with E-state index in [1.807, 2.05) is 12.1 Å². The molecule has 0 fully saturated rings. The summed E-state index contributed by atoms with van der Waals surface area (Å²) in [6.07, 6.45) is 1.51. The molecule has 92 valence electrons. The second kappa shape index (κ2) is 5.64. The van der Waals surface area contributed by atoms with Gasteiger partial charge in [0.05, 0.1) is 18.4 Å². The van der Waals surface area contributed by atoms with Crippen molar-refractivity contribution in [2.45, 2.75) is 0 Å². The van der Waals surface area contributed by atoms with Crippen LogP contribution < -0.4 is 10.1 Å². The highest BCUT2D eigenvalue weighted by Gasteiger charge is 2.09. The van der Waals surface area contributed by atoms with E-state index in [9.17, 15) is 4.79 Å². The number of anilines is 1. The Bertz CT molecular complexity index is 555. The van der Waals surface area contributed by atoms with E-state index in [0.29, 0.717) is 21.6 Å². The first kappa shape index (κ1) is 12.6. The van der Waals surface area contributed by atoms with Crippen molar-refractivity contribution < 1.29 is 9.53 Å². The van der Waals surface area contributed by atoms with Gasteiger partial charge in [0.1, 0.15) is 10.4 Å². The molecule has 1 aromatic heterocycles. The first-order valence-electron chi connectivity index (χ1n) is 5.26. The molecule has 2 rings (SSSR count). The van der Waals surface area contributed by atoms with Crippen LogP contribution in [0.2, 0.25) is 0 Å². The molecule has 18 heavy (non-hydrogen) atoms. The van der Waals surface area contributed by atoms with Crippen molar-refractivity contribution in [2.24, 2.45) is 0 Å². The predicted octanol–water partition coefficient (Wildman–Crippen LogP) is 3.11. The normalized spacial score (nSPS) is 9.89. The Balaban J connectivity index is 2.18.